The van der Waals surface area contributed by atoms with E-state index in [2.05, 4.69) is 23.8 Å². The molecule has 1 radical (unpaired) electrons. The highest BCUT2D eigenvalue weighted by molar-refractivity contribution is 7.19. The molecule has 3 heteroatoms. The third-order valence-corrected chi connectivity index (χ3v) is 3.67. The van der Waals surface area contributed by atoms with E-state index in [1.165, 1.54) is 16.0 Å². The second-order valence-electron chi connectivity index (χ2n) is 2.48. The van der Waals surface area contributed by atoms with Gasteiger partial charge in [0.05, 0.1) is 4.34 Å². The molecule has 0 nitrogen and oxygen atoms in total. The van der Waals surface area contributed by atoms with Gasteiger partial charge in [0.2, 0.25) is 0 Å². The zero-order valence-electron chi connectivity index (χ0n) is 6.43. The minimum atomic E-state index is 0.843. The van der Waals surface area contributed by atoms with Crippen molar-refractivity contribution >= 4 is 34.3 Å². The summed E-state index contributed by atoms with van der Waals surface area (Å²) in [5.74, 6) is 0. The molecule has 2 aromatic heterocycles. The van der Waals surface area contributed by atoms with Crippen molar-refractivity contribution in [2.75, 3.05) is 0 Å². The fourth-order valence-electron chi connectivity index (χ4n) is 1.02. The van der Waals surface area contributed by atoms with Crippen LogP contribution in [0.5, 0.6) is 0 Å². The Bertz CT molecular complexity index is 387. The number of hydrogen-bond acceptors (Lipinski definition) is 2. The Hall–Kier alpha value is -0.310. The molecule has 0 atom stereocenters. The number of rotatable bonds is 1. The molecule has 2 aromatic rings. The molecule has 0 aliphatic rings. The first-order chi connectivity index (χ1) is 5.77. The summed E-state index contributed by atoms with van der Waals surface area (Å²) in [7, 11) is 0. The molecule has 0 bridgehead atoms. The largest absolute Gasteiger partial charge is 0.142 e. The first-order valence-corrected chi connectivity index (χ1v) is 5.56. The van der Waals surface area contributed by atoms with Gasteiger partial charge in [0.1, 0.15) is 0 Å². The van der Waals surface area contributed by atoms with Gasteiger partial charge >= 0.3 is 0 Å². The molecule has 12 heavy (non-hydrogen) atoms. The van der Waals surface area contributed by atoms with E-state index < -0.39 is 0 Å². The van der Waals surface area contributed by atoms with E-state index in [1.807, 2.05) is 6.07 Å². The van der Waals surface area contributed by atoms with Gasteiger partial charge in [-0.15, -0.1) is 22.7 Å². The maximum Gasteiger partial charge on any atom is 0.0934 e. The van der Waals surface area contributed by atoms with Crippen LogP contribution in [-0.2, 0) is 0 Å². The maximum atomic E-state index is 5.84. The van der Waals surface area contributed by atoms with E-state index in [1.54, 1.807) is 22.7 Å². The Kier molecular flexibility index (Phi) is 2.22. The Morgan fingerprint density at radius 3 is 2.75 bits per heavy atom. The summed E-state index contributed by atoms with van der Waals surface area (Å²) in [5.41, 5.74) is 2.47. The molecule has 0 aromatic carbocycles. The summed E-state index contributed by atoms with van der Waals surface area (Å²) in [5, 5.41) is 5.29. The Morgan fingerprint density at radius 1 is 1.42 bits per heavy atom. The molecule has 0 saturated carbocycles. The Balaban J connectivity index is 2.50. The fraction of sp³-hybridized carbons (Fsp3) is 0.111. The molecule has 0 saturated heterocycles. The molecule has 2 rings (SSSR count). The standard InChI is InChI=1S/C9H6ClS2/c1-6-4-11-5-7(6)8-2-3-9(10)12-8/h2-3,5H,1H3. The van der Waals surface area contributed by atoms with Gasteiger partial charge < -0.3 is 0 Å². The van der Waals surface area contributed by atoms with Crippen molar-refractivity contribution in [3.05, 3.63) is 32.8 Å². The zero-order valence-corrected chi connectivity index (χ0v) is 8.82. The molecular weight excluding hydrogens is 208 g/mol. The Morgan fingerprint density at radius 2 is 2.25 bits per heavy atom. The van der Waals surface area contributed by atoms with Gasteiger partial charge in [0.15, 0.2) is 0 Å². The van der Waals surface area contributed by atoms with E-state index in [-0.39, 0.29) is 0 Å². The highest BCUT2D eigenvalue weighted by Crippen LogP contribution is 2.34. The second-order valence-corrected chi connectivity index (χ2v) is 4.87. The average Bonchev–Trinajstić information content (AvgIpc) is 2.58. The second kappa shape index (κ2) is 3.21. The van der Waals surface area contributed by atoms with Crippen LogP contribution in [0.4, 0.5) is 0 Å². The molecule has 0 aliphatic heterocycles. The topological polar surface area (TPSA) is 0 Å². The van der Waals surface area contributed by atoms with Crippen LogP contribution in [0.1, 0.15) is 5.56 Å². The lowest BCUT2D eigenvalue weighted by molar-refractivity contribution is 1.55. The van der Waals surface area contributed by atoms with E-state index in [0.29, 0.717) is 0 Å². The lowest BCUT2D eigenvalue weighted by atomic mass is 10.2. The quantitative estimate of drug-likeness (QED) is 0.665. The normalized spacial score (nSPS) is 10.5. The van der Waals surface area contributed by atoms with Gasteiger partial charge in [-0.25, -0.2) is 0 Å². The summed E-state index contributed by atoms with van der Waals surface area (Å²) < 4.78 is 0.843. The van der Waals surface area contributed by atoms with E-state index >= 15 is 0 Å². The fourth-order valence-corrected chi connectivity index (χ4v) is 2.98. The third-order valence-electron chi connectivity index (χ3n) is 1.63. The van der Waals surface area contributed by atoms with Gasteiger partial charge in [-0.2, -0.15) is 0 Å². The molecule has 0 fully saturated rings. The number of aryl methyl sites for hydroxylation is 1. The van der Waals surface area contributed by atoms with Crippen molar-refractivity contribution in [1.82, 2.24) is 0 Å². The van der Waals surface area contributed by atoms with Crippen molar-refractivity contribution in [2.24, 2.45) is 0 Å². The maximum absolute atomic E-state index is 5.84. The van der Waals surface area contributed by atoms with Crippen LogP contribution in [0.3, 0.4) is 0 Å². The minimum absolute atomic E-state index is 0.843. The molecular formula is C9H6ClS2. The first kappa shape index (κ1) is 8.30. The van der Waals surface area contributed by atoms with Crippen molar-refractivity contribution in [1.29, 1.82) is 0 Å². The van der Waals surface area contributed by atoms with Crippen LogP contribution < -0.4 is 0 Å². The van der Waals surface area contributed by atoms with Crippen molar-refractivity contribution < 1.29 is 0 Å². The number of hydrogen-bond donors (Lipinski definition) is 0. The van der Waals surface area contributed by atoms with Crippen molar-refractivity contribution in [2.45, 2.75) is 6.92 Å². The van der Waals surface area contributed by atoms with Crippen LogP contribution in [0.15, 0.2) is 17.5 Å². The number of halogens is 1. The van der Waals surface area contributed by atoms with E-state index in [4.69, 9.17) is 11.6 Å². The zero-order chi connectivity index (χ0) is 8.55. The van der Waals surface area contributed by atoms with Gasteiger partial charge in [-0.3, -0.25) is 0 Å². The highest BCUT2D eigenvalue weighted by Gasteiger charge is 2.04. The minimum Gasteiger partial charge on any atom is -0.142 e. The lowest BCUT2D eigenvalue weighted by Crippen LogP contribution is -1.68. The number of thiophene rings is 2. The van der Waals surface area contributed by atoms with Gasteiger partial charge in [0, 0.05) is 21.2 Å². The van der Waals surface area contributed by atoms with Crippen molar-refractivity contribution in [3.63, 3.8) is 0 Å². The SMILES string of the molecule is Cc1[c]scc1-c1ccc(Cl)s1. The van der Waals surface area contributed by atoms with Gasteiger partial charge in [0.25, 0.3) is 0 Å². The van der Waals surface area contributed by atoms with Crippen LogP contribution in [0.2, 0.25) is 4.34 Å². The summed E-state index contributed by atoms with van der Waals surface area (Å²) in [6, 6.07) is 3.98. The van der Waals surface area contributed by atoms with Crippen molar-refractivity contribution in [3.8, 4) is 10.4 Å². The van der Waals surface area contributed by atoms with E-state index in [0.717, 1.165) is 4.34 Å². The summed E-state index contributed by atoms with van der Waals surface area (Å²) in [6.07, 6.45) is 0. The molecule has 61 valence electrons. The molecule has 0 spiro atoms. The average molecular weight is 214 g/mol. The van der Waals surface area contributed by atoms with Crippen LogP contribution in [0, 0.1) is 12.3 Å². The van der Waals surface area contributed by atoms with Crippen LogP contribution >= 0.6 is 34.3 Å². The predicted octanol–water partition coefficient (Wildman–Crippen LogP) is 4.24. The monoisotopic (exact) mass is 213 g/mol. The smallest absolute Gasteiger partial charge is 0.0934 e. The predicted molar refractivity (Wildman–Crippen MR) is 56.2 cm³/mol. The van der Waals surface area contributed by atoms with Crippen LogP contribution in [-0.4, -0.2) is 0 Å². The molecule has 2 heterocycles. The summed E-state index contributed by atoms with van der Waals surface area (Å²) >= 11 is 9.06. The molecule has 0 aliphatic carbocycles. The Labute approximate surface area is 84.4 Å². The summed E-state index contributed by atoms with van der Waals surface area (Å²) in [6.45, 7) is 2.07. The van der Waals surface area contributed by atoms with Gasteiger partial charge in [-0.1, -0.05) is 11.6 Å². The van der Waals surface area contributed by atoms with E-state index in [9.17, 15) is 0 Å². The molecule has 0 N–H and O–H groups in total. The van der Waals surface area contributed by atoms with Gasteiger partial charge in [-0.05, 0) is 24.6 Å². The highest BCUT2D eigenvalue weighted by atomic mass is 35.5. The first-order valence-electron chi connectivity index (χ1n) is 3.49. The molecule has 0 amide bonds. The van der Waals surface area contributed by atoms with Crippen LogP contribution in [0.25, 0.3) is 10.4 Å². The summed E-state index contributed by atoms with van der Waals surface area (Å²) in [4.78, 5) is 1.23. The lowest BCUT2D eigenvalue weighted by Gasteiger charge is -1.91. The third kappa shape index (κ3) is 1.42. The molecule has 0 unspecified atom stereocenters.